The van der Waals surface area contributed by atoms with Gasteiger partial charge in [0.05, 0.1) is 6.61 Å². The van der Waals surface area contributed by atoms with Gasteiger partial charge in [-0.15, -0.1) is 0 Å². The molecular weight excluding hydrogens is 246 g/mol. The highest BCUT2D eigenvalue weighted by Gasteiger charge is 2.66. The van der Waals surface area contributed by atoms with E-state index in [1.54, 1.807) is 4.90 Å². The first-order chi connectivity index (χ1) is 8.97. The van der Waals surface area contributed by atoms with Crippen LogP contribution in [0, 0.1) is 5.92 Å². The first-order valence-corrected chi connectivity index (χ1v) is 7.31. The van der Waals surface area contributed by atoms with E-state index in [2.05, 4.69) is 6.92 Å². The second-order valence-electron chi connectivity index (χ2n) is 6.30. The van der Waals surface area contributed by atoms with Crippen molar-refractivity contribution in [1.82, 2.24) is 4.90 Å². The standard InChI is InChI=1S/C14H23NO4/c1-4-5-8-17-12(16)15-11-10-6-7-14(15,9-10)19-13(2,3)18-11/h10-11H,4-9H2,1-3H3/t10?,11?,14-/m1/s1. The van der Waals surface area contributed by atoms with E-state index in [1.165, 1.54) is 0 Å². The molecule has 1 spiro atoms. The molecule has 5 heteroatoms. The smallest absolute Gasteiger partial charge is 0.414 e. The van der Waals surface area contributed by atoms with Gasteiger partial charge in [0.25, 0.3) is 0 Å². The maximum atomic E-state index is 12.3. The molecule has 3 aliphatic rings. The normalized spacial score (nSPS) is 38.6. The number of ether oxygens (including phenoxy) is 3. The Hall–Kier alpha value is -0.810. The lowest BCUT2D eigenvalue weighted by Crippen LogP contribution is -2.64. The number of amides is 1. The van der Waals surface area contributed by atoms with Gasteiger partial charge in [-0.2, -0.15) is 0 Å². The van der Waals surface area contributed by atoms with Crippen molar-refractivity contribution in [1.29, 1.82) is 0 Å². The molecule has 0 N–H and O–H groups in total. The second-order valence-corrected chi connectivity index (χ2v) is 6.30. The molecular formula is C14H23NO4. The van der Waals surface area contributed by atoms with Crippen LogP contribution in [0.15, 0.2) is 0 Å². The van der Waals surface area contributed by atoms with Gasteiger partial charge in [0.15, 0.2) is 11.5 Å². The maximum absolute atomic E-state index is 12.3. The summed E-state index contributed by atoms with van der Waals surface area (Å²) in [6.45, 7) is 6.39. The third kappa shape index (κ3) is 2.03. The lowest BCUT2D eigenvalue weighted by Gasteiger charge is -2.51. The Morgan fingerprint density at radius 1 is 1.47 bits per heavy atom. The van der Waals surface area contributed by atoms with Gasteiger partial charge >= 0.3 is 6.09 Å². The molecule has 2 unspecified atom stereocenters. The summed E-state index contributed by atoms with van der Waals surface area (Å²) in [5.41, 5.74) is -0.486. The first kappa shape index (κ1) is 13.2. The van der Waals surface area contributed by atoms with E-state index in [0.717, 1.165) is 32.1 Å². The minimum absolute atomic E-state index is 0.174. The van der Waals surface area contributed by atoms with Gasteiger partial charge in [0.2, 0.25) is 0 Å². The molecule has 5 nitrogen and oxygen atoms in total. The van der Waals surface area contributed by atoms with E-state index in [9.17, 15) is 4.79 Å². The Labute approximate surface area is 114 Å². The number of carbonyl (C=O) groups is 1. The number of piperidine rings is 1. The molecule has 19 heavy (non-hydrogen) atoms. The Morgan fingerprint density at radius 2 is 2.26 bits per heavy atom. The van der Waals surface area contributed by atoms with Crippen molar-refractivity contribution in [2.45, 2.75) is 70.6 Å². The van der Waals surface area contributed by atoms with Gasteiger partial charge in [0, 0.05) is 12.3 Å². The molecule has 2 aliphatic heterocycles. The molecule has 3 atom stereocenters. The van der Waals surface area contributed by atoms with Crippen LogP contribution in [0.4, 0.5) is 4.79 Å². The lowest BCUT2D eigenvalue weighted by atomic mass is 10.1. The summed E-state index contributed by atoms with van der Waals surface area (Å²) < 4.78 is 17.4. The molecule has 1 saturated carbocycles. The van der Waals surface area contributed by atoms with Crippen LogP contribution in [0.1, 0.15) is 52.9 Å². The van der Waals surface area contributed by atoms with E-state index in [-0.39, 0.29) is 12.3 Å². The van der Waals surface area contributed by atoms with Crippen molar-refractivity contribution in [2.24, 2.45) is 5.92 Å². The van der Waals surface area contributed by atoms with Gasteiger partial charge in [-0.25, -0.2) is 4.79 Å². The number of hydrogen-bond acceptors (Lipinski definition) is 4. The van der Waals surface area contributed by atoms with Gasteiger partial charge in [-0.05, 0) is 33.1 Å². The zero-order valence-corrected chi connectivity index (χ0v) is 12.0. The summed E-state index contributed by atoms with van der Waals surface area (Å²) in [6, 6.07) is 0. The van der Waals surface area contributed by atoms with E-state index < -0.39 is 11.5 Å². The molecule has 108 valence electrons. The quantitative estimate of drug-likeness (QED) is 0.739. The topological polar surface area (TPSA) is 48.0 Å². The third-order valence-electron chi connectivity index (χ3n) is 4.34. The average molecular weight is 269 g/mol. The fourth-order valence-electron chi connectivity index (χ4n) is 3.64. The Kier molecular flexibility index (Phi) is 3.02. The number of hydrogen-bond donors (Lipinski definition) is 0. The summed E-state index contributed by atoms with van der Waals surface area (Å²) in [5.74, 6) is -0.222. The van der Waals surface area contributed by atoms with Crippen LogP contribution >= 0.6 is 0 Å². The molecule has 1 amide bonds. The maximum Gasteiger partial charge on any atom is 0.414 e. The van der Waals surface area contributed by atoms with Crippen molar-refractivity contribution in [3.8, 4) is 0 Å². The highest BCUT2D eigenvalue weighted by Crippen LogP contribution is 2.56. The minimum Gasteiger partial charge on any atom is -0.449 e. The summed E-state index contributed by atoms with van der Waals surface area (Å²) >= 11 is 0. The van der Waals surface area contributed by atoms with Crippen LogP contribution in [0.3, 0.4) is 0 Å². The molecule has 0 aromatic heterocycles. The second kappa shape index (κ2) is 4.35. The van der Waals surface area contributed by atoms with Crippen molar-refractivity contribution < 1.29 is 19.0 Å². The zero-order valence-electron chi connectivity index (χ0n) is 12.0. The van der Waals surface area contributed by atoms with Gasteiger partial charge in [-0.3, -0.25) is 4.90 Å². The zero-order chi connectivity index (χ0) is 13.7. The van der Waals surface area contributed by atoms with Crippen molar-refractivity contribution in [3.05, 3.63) is 0 Å². The molecule has 0 aromatic carbocycles. The van der Waals surface area contributed by atoms with Crippen LogP contribution < -0.4 is 0 Å². The van der Waals surface area contributed by atoms with Crippen molar-refractivity contribution in [2.75, 3.05) is 6.61 Å². The van der Waals surface area contributed by atoms with Crippen LogP contribution in [-0.4, -0.2) is 35.3 Å². The molecule has 0 aromatic rings. The minimum atomic E-state index is -0.611. The average Bonchev–Trinajstić information content (AvgIpc) is 2.79. The highest BCUT2D eigenvalue weighted by atomic mass is 16.8. The largest absolute Gasteiger partial charge is 0.449 e. The van der Waals surface area contributed by atoms with Gasteiger partial charge in [-0.1, -0.05) is 13.3 Å². The highest BCUT2D eigenvalue weighted by molar-refractivity contribution is 5.69. The fourth-order valence-corrected chi connectivity index (χ4v) is 3.64. The molecule has 3 fully saturated rings. The molecule has 0 radical (unpaired) electrons. The lowest BCUT2D eigenvalue weighted by molar-refractivity contribution is -0.380. The summed E-state index contributed by atoms with van der Waals surface area (Å²) in [7, 11) is 0. The Balaban J connectivity index is 1.75. The number of nitrogens with zero attached hydrogens (tertiary/aromatic N) is 1. The molecule has 3 rings (SSSR count). The third-order valence-corrected chi connectivity index (χ3v) is 4.34. The Morgan fingerprint density at radius 3 is 2.95 bits per heavy atom. The molecule has 2 heterocycles. The molecule has 1 aliphatic carbocycles. The molecule has 2 saturated heterocycles. The number of carbonyl (C=O) groups excluding carboxylic acids is 1. The monoisotopic (exact) mass is 269 g/mol. The van der Waals surface area contributed by atoms with E-state index in [4.69, 9.17) is 14.2 Å². The van der Waals surface area contributed by atoms with Gasteiger partial charge in [0.1, 0.15) is 6.23 Å². The van der Waals surface area contributed by atoms with E-state index in [0.29, 0.717) is 12.5 Å². The van der Waals surface area contributed by atoms with Crippen LogP contribution in [0.25, 0.3) is 0 Å². The van der Waals surface area contributed by atoms with Gasteiger partial charge < -0.3 is 14.2 Å². The number of fused-ring (bicyclic) bond motifs is 3. The van der Waals surface area contributed by atoms with Crippen LogP contribution in [-0.2, 0) is 14.2 Å². The number of rotatable bonds is 3. The SMILES string of the molecule is CCCCOC(=O)N1C2OC(C)(C)O[C@@]13CCC2C3. The van der Waals surface area contributed by atoms with Crippen LogP contribution in [0.2, 0.25) is 0 Å². The van der Waals surface area contributed by atoms with Crippen LogP contribution in [0.5, 0.6) is 0 Å². The predicted molar refractivity (Wildman–Crippen MR) is 68.2 cm³/mol. The van der Waals surface area contributed by atoms with E-state index >= 15 is 0 Å². The fraction of sp³-hybridized carbons (Fsp3) is 0.929. The number of unbranched alkanes of at least 4 members (excludes halogenated alkanes) is 1. The van der Waals surface area contributed by atoms with E-state index in [1.807, 2.05) is 13.8 Å². The van der Waals surface area contributed by atoms with Crippen molar-refractivity contribution in [3.63, 3.8) is 0 Å². The first-order valence-electron chi connectivity index (χ1n) is 7.31. The Bertz CT molecular complexity index is 384. The summed E-state index contributed by atoms with van der Waals surface area (Å²) in [4.78, 5) is 14.0. The summed E-state index contributed by atoms with van der Waals surface area (Å²) in [5, 5.41) is 0. The van der Waals surface area contributed by atoms with Crippen molar-refractivity contribution >= 4 is 6.09 Å². The predicted octanol–water partition coefficient (Wildman–Crippen LogP) is 2.84. The summed E-state index contributed by atoms with van der Waals surface area (Å²) in [6.07, 6.45) is 4.30. The molecule has 3 bridgehead atoms.